The molecule has 0 bridgehead atoms. The van der Waals surface area contributed by atoms with Gasteiger partial charge in [-0.15, -0.1) is 0 Å². The maximum Gasteiger partial charge on any atom is 0.408 e. The molecule has 0 aromatic rings. The highest BCUT2D eigenvalue weighted by Crippen LogP contribution is 2.09. The standard InChI is InChI=1S/C15H26N4O5/c1-8(2)10(18-14(23)24-15(3,4)5)12(21)17-9-6-7-16-19-13(22)11(9)20/h8-10,16H,6-7H2,1-5H3,(H,17,21)(H,18,23)(H,19,22). The molecule has 3 amide bonds. The fourth-order valence-corrected chi connectivity index (χ4v) is 2.08. The van der Waals surface area contributed by atoms with E-state index in [1.54, 1.807) is 34.6 Å². The number of ether oxygens (including phenoxy) is 1. The molecule has 0 radical (unpaired) electrons. The zero-order valence-electron chi connectivity index (χ0n) is 14.7. The van der Waals surface area contributed by atoms with Crippen LogP contribution in [0.4, 0.5) is 4.79 Å². The van der Waals surface area contributed by atoms with Crippen molar-refractivity contribution in [3.8, 4) is 0 Å². The molecule has 24 heavy (non-hydrogen) atoms. The fourth-order valence-electron chi connectivity index (χ4n) is 2.08. The van der Waals surface area contributed by atoms with Gasteiger partial charge in [0.15, 0.2) is 0 Å². The molecular formula is C15H26N4O5. The summed E-state index contributed by atoms with van der Waals surface area (Å²) in [7, 11) is 0. The summed E-state index contributed by atoms with van der Waals surface area (Å²) in [4.78, 5) is 47.7. The minimum Gasteiger partial charge on any atom is -0.444 e. The van der Waals surface area contributed by atoms with Crippen molar-refractivity contribution in [3.63, 3.8) is 0 Å². The van der Waals surface area contributed by atoms with Crippen molar-refractivity contribution in [2.75, 3.05) is 6.54 Å². The number of ketones is 1. The van der Waals surface area contributed by atoms with Crippen molar-refractivity contribution in [3.05, 3.63) is 0 Å². The van der Waals surface area contributed by atoms with Crippen LogP contribution in [0.3, 0.4) is 0 Å². The van der Waals surface area contributed by atoms with Gasteiger partial charge in [0.1, 0.15) is 11.6 Å². The zero-order valence-corrected chi connectivity index (χ0v) is 14.7. The Bertz CT molecular complexity index is 512. The van der Waals surface area contributed by atoms with Crippen LogP contribution >= 0.6 is 0 Å². The molecule has 4 N–H and O–H groups in total. The highest BCUT2D eigenvalue weighted by Gasteiger charge is 2.33. The van der Waals surface area contributed by atoms with Gasteiger partial charge in [-0.2, -0.15) is 0 Å². The van der Waals surface area contributed by atoms with E-state index in [-0.39, 0.29) is 12.3 Å². The van der Waals surface area contributed by atoms with Crippen LogP contribution in [0.15, 0.2) is 0 Å². The molecule has 2 atom stereocenters. The summed E-state index contributed by atoms with van der Waals surface area (Å²) in [5.41, 5.74) is 4.12. The number of hydrogen-bond acceptors (Lipinski definition) is 6. The Kier molecular flexibility index (Phi) is 6.70. The van der Waals surface area contributed by atoms with Gasteiger partial charge < -0.3 is 15.4 Å². The lowest BCUT2D eigenvalue weighted by molar-refractivity contribution is -0.140. The van der Waals surface area contributed by atoms with Gasteiger partial charge in [0.05, 0.1) is 6.04 Å². The first-order valence-electron chi connectivity index (χ1n) is 7.88. The van der Waals surface area contributed by atoms with Crippen molar-refractivity contribution in [1.82, 2.24) is 21.5 Å². The minimum absolute atomic E-state index is 0.231. The highest BCUT2D eigenvalue weighted by molar-refractivity contribution is 6.38. The van der Waals surface area contributed by atoms with Gasteiger partial charge in [-0.3, -0.25) is 19.8 Å². The molecule has 1 fully saturated rings. The summed E-state index contributed by atoms with van der Waals surface area (Å²) in [5, 5.41) is 5.03. The Morgan fingerprint density at radius 3 is 2.42 bits per heavy atom. The van der Waals surface area contributed by atoms with Crippen molar-refractivity contribution < 1.29 is 23.9 Å². The molecule has 9 heteroatoms. The van der Waals surface area contributed by atoms with Gasteiger partial charge in [-0.25, -0.2) is 10.2 Å². The first kappa shape index (κ1) is 19.9. The summed E-state index contributed by atoms with van der Waals surface area (Å²) in [6, 6.07) is -1.82. The van der Waals surface area contributed by atoms with Gasteiger partial charge >= 0.3 is 12.0 Å². The number of nitrogens with one attached hydrogen (secondary N) is 4. The monoisotopic (exact) mass is 342 g/mol. The third kappa shape index (κ3) is 6.15. The summed E-state index contributed by atoms with van der Waals surface area (Å²) < 4.78 is 5.15. The highest BCUT2D eigenvalue weighted by atomic mass is 16.6. The lowest BCUT2D eigenvalue weighted by Gasteiger charge is -2.26. The van der Waals surface area contributed by atoms with Gasteiger partial charge in [0.2, 0.25) is 11.7 Å². The minimum atomic E-state index is -0.936. The SMILES string of the molecule is CC(C)C(NC(=O)OC(C)(C)C)C(=O)NC1CCNNC(=O)C1=O. The molecule has 0 spiro atoms. The van der Waals surface area contributed by atoms with Crippen LogP contribution < -0.4 is 21.5 Å². The Labute approximate surface area is 141 Å². The molecule has 0 aromatic heterocycles. The molecule has 1 heterocycles. The Balaban J connectivity index is 2.74. The van der Waals surface area contributed by atoms with Crippen molar-refractivity contribution in [2.24, 2.45) is 5.92 Å². The van der Waals surface area contributed by atoms with E-state index in [0.29, 0.717) is 6.54 Å². The molecule has 1 saturated heterocycles. The van der Waals surface area contributed by atoms with Crippen molar-refractivity contribution >= 4 is 23.7 Å². The van der Waals surface area contributed by atoms with E-state index in [1.165, 1.54) is 0 Å². The zero-order chi connectivity index (χ0) is 18.5. The fraction of sp³-hybridized carbons (Fsp3) is 0.733. The molecule has 136 valence electrons. The second kappa shape index (κ2) is 8.09. The van der Waals surface area contributed by atoms with Crippen LogP contribution in [0.5, 0.6) is 0 Å². The van der Waals surface area contributed by atoms with Crippen LogP contribution in [0.1, 0.15) is 41.0 Å². The predicted octanol–water partition coefficient (Wildman–Crippen LogP) is -0.386. The first-order chi connectivity index (χ1) is 11.0. The number of rotatable bonds is 4. The van der Waals surface area contributed by atoms with Gasteiger partial charge in [0, 0.05) is 6.54 Å². The Morgan fingerprint density at radius 1 is 1.25 bits per heavy atom. The molecule has 2 unspecified atom stereocenters. The number of hydrogen-bond donors (Lipinski definition) is 4. The topological polar surface area (TPSA) is 126 Å². The van der Waals surface area contributed by atoms with Crippen LogP contribution in [0, 0.1) is 5.92 Å². The van der Waals surface area contributed by atoms with Crippen molar-refractivity contribution in [1.29, 1.82) is 0 Å². The van der Waals surface area contributed by atoms with E-state index in [2.05, 4.69) is 21.5 Å². The maximum absolute atomic E-state index is 12.4. The average molecular weight is 342 g/mol. The normalized spacial score (nSPS) is 20.0. The summed E-state index contributed by atoms with van der Waals surface area (Å²) in [5.74, 6) is -2.30. The lowest BCUT2D eigenvalue weighted by Crippen LogP contribution is -2.55. The average Bonchev–Trinajstić information content (AvgIpc) is 2.58. The Hall–Kier alpha value is -2.16. The number of amides is 3. The second-order valence-corrected chi connectivity index (χ2v) is 6.96. The van der Waals surface area contributed by atoms with Crippen molar-refractivity contribution in [2.45, 2.75) is 58.7 Å². The third-order valence-electron chi connectivity index (χ3n) is 3.24. The second-order valence-electron chi connectivity index (χ2n) is 6.96. The molecule has 0 saturated carbocycles. The number of carbonyl (C=O) groups is 4. The van der Waals surface area contributed by atoms with E-state index in [4.69, 9.17) is 4.74 Å². The Morgan fingerprint density at radius 2 is 1.88 bits per heavy atom. The van der Waals surface area contributed by atoms with E-state index in [0.717, 1.165) is 0 Å². The smallest absolute Gasteiger partial charge is 0.408 e. The van der Waals surface area contributed by atoms with E-state index in [9.17, 15) is 19.2 Å². The van der Waals surface area contributed by atoms with E-state index in [1.807, 2.05) is 0 Å². The number of Topliss-reactive ketones (excluding diaryl/α,β-unsaturated/α-hetero) is 1. The lowest BCUT2D eigenvalue weighted by atomic mass is 10.0. The molecule has 1 aliphatic rings. The van der Waals surface area contributed by atoms with Crippen LogP contribution in [0.25, 0.3) is 0 Å². The molecule has 0 aromatic carbocycles. The predicted molar refractivity (Wildman–Crippen MR) is 85.7 cm³/mol. The van der Waals surface area contributed by atoms with E-state index >= 15 is 0 Å². The molecular weight excluding hydrogens is 316 g/mol. The first-order valence-corrected chi connectivity index (χ1v) is 7.88. The quantitative estimate of drug-likeness (QED) is 0.516. The molecule has 1 rings (SSSR count). The van der Waals surface area contributed by atoms with Gasteiger partial charge in [-0.05, 0) is 33.1 Å². The van der Waals surface area contributed by atoms with Gasteiger partial charge in [-0.1, -0.05) is 13.8 Å². The van der Waals surface area contributed by atoms with Crippen LogP contribution in [-0.2, 0) is 19.1 Å². The maximum atomic E-state index is 12.4. The molecule has 0 aliphatic carbocycles. The van der Waals surface area contributed by atoms with Crippen LogP contribution in [0.2, 0.25) is 0 Å². The molecule has 9 nitrogen and oxygen atoms in total. The van der Waals surface area contributed by atoms with Crippen LogP contribution in [-0.4, -0.2) is 47.9 Å². The number of hydrazine groups is 1. The summed E-state index contributed by atoms with van der Waals surface area (Å²) in [6.07, 6.45) is -0.455. The van der Waals surface area contributed by atoms with E-state index < -0.39 is 41.4 Å². The molecule has 1 aliphatic heterocycles. The summed E-state index contributed by atoms with van der Waals surface area (Å²) >= 11 is 0. The summed E-state index contributed by atoms with van der Waals surface area (Å²) in [6.45, 7) is 9.00. The largest absolute Gasteiger partial charge is 0.444 e. The third-order valence-corrected chi connectivity index (χ3v) is 3.24. The number of alkyl carbamates (subject to hydrolysis) is 1. The van der Waals surface area contributed by atoms with Gasteiger partial charge in [0.25, 0.3) is 0 Å². The number of carbonyl (C=O) groups excluding carboxylic acids is 4.